The molecule has 0 saturated carbocycles. The molecule has 2 aromatic heterocycles. The topological polar surface area (TPSA) is 84.7 Å². The zero-order chi connectivity index (χ0) is 15.2. The van der Waals surface area contributed by atoms with Crippen LogP contribution in [0.2, 0.25) is 0 Å². The van der Waals surface area contributed by atoms with E-state index in [0.717, 1.165) is 19.5 Å². The summed E-state index contributed by atoms with van der Waals surface area (Å²) in [6.45, 7) is 2.87. The molecule has 1 aliphatic heterocycles. The van der Waals surface area contributed by atoms with Gasteiger partial charge in [-0.3, -0.25) is 4.79 Å². The van der Waals surface area contributed by atoms with Gasteiger partial charge in [0.25, 0.3) is 5.91 Å². The lowest BCUT2D eigenvalue weighted by atomic mass is 9.96. The Hall–Kier alpha value is -1.70. The Balaban J connectivity index is 0.00000144. The number of nitrogens with zero attached hydrogens (tertiary/aromatic N) is 4. The Morgan fingerprint density at radius 3 is 3.00 bits per heavy atom. The highest BCUT2D eigenvalue weighted by atomic mass is 35.5. The molecule has 0 aliphatic carbocycles. The van der Waals surface area contributed by atoms with Crippen LogP contribution in [0.15, 0.2) is 31.0 Å². The largest absolute Gasteiger partial charge is 0.352 e. The van der Waals surface area contributed by atoms with Crippen LogP contribution in [-0.4, -0.2) is 45.3 Å². The van der Waals surface area contributed by atoms with Crippen LogP contribution in [0.25, 0.3) is 5.82 Å². The first-order valence-corrected chi connectivity index (χ1v) is 7.63. The molecule has 1 aliphatic rings. The van der Waals surface area contributed by atoms with Gasteiger partial charge in [-0.15, -0.1) is 24.8 Å². The van der Waals surface area contributed by atoms with Gasteiger partial charge >= 0.3 is 0 Å². The van der Waals surface area contributed by atoms with Gasteiger partial charge in [-0.25, -0.2) is 14.6 Å². The number of carbonyl (C=O) groups is 1. The fraction of sp³-hybridized carbons (Fsp3) is 0.467. The number of rotatable bonds is 5. The van der Waals surface area contributed by atoms with E-state index in [1.165, 1.54) is 23.9 Å². The Morgan fingerprint density at radius 2 is 2.29 bits per heavy atom. The van der Waals surface area contributed by atoms with Crippen molar-refractivity contribution in [3.05, 3.63) is 36.5 Å². The van der Waals surface area contributed by atoms with Gasteiger partial charge in [-0.1, -0.05) is 0 Å². The number of aromatic nitrogens is 4. The summed E-state index contributed by atoms with van der Waals surface area (Å²) in [5.74, 6) is 1.17. The van der Waals surface area contributed by atoms with Crippen LogP contribution in [0, 0.1) is 5.92 Å². The summed E-state index contributed by atoms with van der Waals surface area (Å²) in [5, 5.41) is 10.4. The molecule has 0 aromatic carbocycles. The van der Waals surface area contributed by atoms with Crippen LogP contribution in [0.4, 0.5) is 0 Å². The van der Waals surface area contributed by atoms with Gasteiger partial charge < -0.3 is 10.6 Å². The number of piperidine rings is 1. The van der Waals surface area contributed by atoms with E-state index in [0.29, 0.717) is 23.8 Å². The lowest BCUT2D eigenvalue weighted by Crippen LogP contribution is -2.33. The molecule has 24 heavy (non-hydrogen) atoms. The molecule has 7 nitrogen and oxygen atoms in total. The molecule has 1 saturated heterocycles. The molecule has 1 atom stereocenters. The van der Waals surface area contributed by atoms with Gasteiger partial charge in [-0.2, -0.15) is 5.10 Å². The monoisotopic (exact) mass is 372 g/mol. The van der Waals surface area contributed by atoms with E-state index in [-0.39, 0.29) is 30.7 Å². The maximum Gasteiger partial charge on any atom is 0.251 e. The van der Waals surface area contributed by atoms with E-state index >= 15 is 0 Å². The molecule has 0 radical (unpaired) electrons. The van der Waals surface area contributed by atoms with Gasteiger partial charge in [0.15, 0.2) is 5.82 Å². The molecule has 0 bridgehead atoms. The molecule has 3 heterocycles. The number of halogens is 2. The predicted octanol–water partition coefficient (Wildman–Crippen LogP) is 1.63. The average Bonchev–Trinajstić information content (AvgIpc) is 3.10. The maximum absolute atomic E-state index is 12.2. The van der Waals surface area contributed by atoms with Crippen molar-refractivity contribution in [2.75, 3.05) is 19.6 Å². The summed E-state index contributed by atoms with van der Waals surface area (Å²) in [5.41, 5.74) is 0.585. The lowest BCUT2D eigenvalue weighted by molar-refractivity contribution is 0.0950. The number of nitrogens with one attached hydrogen (secondary N) is 2. The first kappa shape index (κ1) is 20.3. The third kappa shape index (κ3) is 5.43. The molecule has 3 rings (SSSR count). The van der Waals surface area contributed by atoms with Gasteiger partial charge in [0, 0.05) is 18.3 Å². The Labute approximate surface area is 153 Å². The predicted molar refractivity (Wildman–Crippen MR) is 96.2 cm³/mol. The van der Waals surface area contributed by atoms with Crippen molar-refractivity contribution >= 4 is 30.7 Å². The minimum atomic E-state index is -0.0764. The second kappa shape index (κ2) is 10.2. The normalized spacial score (nSPS) is 16.6. The quantitative estimate of drug-likeness (QED) is 0.832. The van der Waals surface area contributed by atoms with Crippen molar-refractivity contribution in [3.8, 4) is 5.82 Å². The van der Waals surface area contributed by atoms with E-state index < -0.39 is 0 Å². The maximum atomic E-state index is 12.2. The zero-order valence-electron chi connectivity index (χ0n) is 13.2. The van der Waals surface area contributed by atoms with Crippen molar-refractivity contribution < 1.29 is 4.79 Å². The standard InChI is InChI=1S/C15H20N6O.2ClH/c22-15(19-6-3-12-2-1-5-16-9-12)13-4-7-18-14(8-13)21-11-17-10-20-21;;/h4,7-8,10-12,16H,1-3,5-6,9H2,(H,19,22);2*1H. The van der Waals surface area contributed by atoms with Crippen molar-refractivity contribution in [3.63, 3.8) is 0 Å². The van der Waals surface area contributed by atoms with Crippen molar-refractivity contribution in [2.24, 2.45) is 5.92 Å². The van der Waals surface area contributed by atoms with Crippen LogP contribution >= 0.6 is 24.8 Å². The lowest BCUT2D eigenvalue weighted by Gasteiger charge is -2.22. The van der Waals surface area contributed by atoms with Crippen LogP contribution in [0.1, 0.15) is 29.6 Å². The van der Waals surface area contributed by atoms with Gasteiger partial charge in [0.2, 0.25) is 0 Å². The summed E-state index contributed by atoms with van der Waals surface area (Å²) in [4.78, 5) is 20.3. The van der Waals surface area contributed by atoms with E-state index in [1.807, 2.05) is 0 Å². The molecule has 0 spiro atoms. The molecule has 2 aromatic rings. The zero-order valence-corrected chi connectivity index (χ0v) is 14.9. The molecule has 1 unspecified atom stereocenters. The first-order valence-electron chi connectivity index (χ1n) is 7.63. The molecule has 132 valence electrons. The summed E-state index contributed by atoms with van der Waals surface area (Å²) in [7, 11) is 0. The summed E-state index contributed by atoms with van der Waals surface area (Å²) >= 11 is 0. The Bertz CT molecular complexity index is 616. The van der Waals surface area contributed by atoms with Gasteiger partial charge in [0.05, 0.1) is 0 Å². The molecule has 2 N–H and O–H groups in total. The number of carbonyl (C=O) groups excluding carboxylic acids is 1. The first-order chi connectivity index (χ1) is 10.8. The second-order valence-electron chi connectivity index (χ2n) is 5.50. The van der Waals surface area contributed by atoms with Crippen molar-refractivity contribution in [2.45, 2.75) is 19.3 Å². The fourth-order valence-electron chi connectivity index (χ4n) is 2.67. The Kier molecular flexibility index (Phi) is 8.67. The van der Waals surface area contributed by atoms with E-state index in [1.54, 1.807) is 24.7 Å². The summed E-state index contributed by atoms with van der Waals surface area (Å²) < 4.78 is 1.53. The van der Waals surface area contributed by atoms with E-state index in [9.17, 15) is 4.79 Å². The number of hydrogen-bond donors (Lipinski definition) is 2. The molecule has 1 fully saturated rings. The highest BCUT2D eigenvalue weighted by molar-refractivity contribution is 5.94. The minimum absolute atomic E-state index is 0. The minimum Gasteiger partial charge on any atom is -0.352 e. The third-order valence-corrected chi connectivity index (χ3v) is 3.90. The summed E-state index contributed by atoms with van der Waals surface area (Å²) in [6, 6.07) is 3.42. The fourth-order valence-corrected chi connectivity index (χ4v) is 2.67. The number of amides is 1. The van der Waals surface area contributed by atoms with Crippen molar-refractivity contribution in [1.29, 1.82) is 0 Å². The highest BCUT2D eigenvalue weighted by Gasteiger charge is 2.13. The number of pyridine rings is 1. The van der Waals surface area contributed by atoms with Crippen LogP contribution in [-0.2, 0) is 0 Å². The molecular formula is C15H22Cl2N6O. The smallest absolute Gasteiger partial charge is 0.251 e. The number of hydrogen-bond acceptors (Lipinski definition) is 5. The molecule has 9 heteroatoms. The van der Waals surface area contributed by atoms with E-state index in [2.05, 4.69) is 25.7 Å². The average molecular weight is 373 g/mol. The van der Waals surface area contributed by atoms with Gasteiger partial charge in [-0.05, 0) is 50.4 Å². The van der Waals surface area contributed by atoms with Crippen molar-refractivity contribution in [1.82, 2.24) is 30.4 Å². The van der Waals surface area contributed by atoms with E-state index in [4.69, 9.17) is 0 Å². The van der Waals surface area contributed by atoms with Crippen LogP contribution in [0.3, 0.4) is 0 Å². The molecular weight excluding hydrogens is 351 g/mol. The molecule has 1 amide bonds. The van der Waals surface area contributed by atoms with Crippen LogP contribution < -0.4 is 10.6 Å². The highest BCUT2D eigenvalue weighted by Crippen LogP contribution is 2.13. The Morgan fingerprint density at radius 1 is 1.42 bits per heavy atom. The SMILES string of the molecule is Cl.Cl.O=C(NCCC1CCCNC1)c1ccnc(-n2cncn2)c1. The third-order valence-electron chi connectivity index (χ3n) is 3.90. The van der Waals surface area contributed by atoms with Crippen LogP contribution in [0.5, 0.6) is 0 Å². The summed E-state index contributed by atoms with van der Waals surface area (Å²) in [6.07, 6.45) is 8.09. The second-order valence-corrected chi connectivity index (χ2v) is 5.50. The van der Waals surface area contributed by atoms with Gasteiger partial charge in [0.1, 0.15) is 12.7 Å².